The molecule has 1 aliphatic heterocycles. The molecule has 0 unspecified atom stereocenters. The molecule has 2 amide bonds. The van der Waals surface area contributed by atoms with E-state index in [1.165, 1.54) is 0 Å². The second-order valence-electron chi connectivity index (χ2n) is 6.64. The van der Waals surface area contributed by atoms with Crippen LogP contribution in [0.3, 0.4) is 0 Å². The minimum Gasteiger partial charge on any atom is -0.382 e. The van der Waals surface area contributed by atoms with E-state index in [1.807, 2.05) is 25.1 Å². The molecule has 4 rings (SSSR count). The zero-order valence-electron chi connectivity index (χ0n) is 15.6. The number of anilines is 3. The van der Waals surface area contributed by atoms with Gasteiger partial charge in [0.2, 0.25) is 0 Å². The fourth-order valence-corrected chi connectivity index (χ4v) is 3.11. The number of fused-ring (bicyclic) bond motifs is 1. The predicted molar refractivity (Wildman–Crippen MR) is 108 cm³/mol. The number of urea groups is 1. The summed E-state index contributed by atoms with van der Waals surface area (Å²) in [6, 6.07) is 9.10. The molecule has 0 radical (unpaired) electrons. The Morgan fingerprint density at radius 2 is 2.14 bits per heavy atom. The normalized spacial score (nSPS) is 13.7. The summed E-state index contributed by atoms with van der Waals surface area (Å²) in [5.41, 5.74) is 3.58. The third kappa shape index (κ3) is 3.90. The number of hydrogen-bond acceptors (Lipinski definition) is 6. The van der Waals surface area contributed by atoms with Crippen LogP contribution in [-0.4, -0.2) is 39.3 Å². The van der Waals surface area contributed by atoms with Crippen molar-refractivity contribution < 1.29 is 4.79 Å². The Kier molecular flexibility index (Phi) is 5.09. The van der Waals surface area contributed by atoms with E-state index in [-0.39, 0.29) is 6.03 Å². The summed E-state index contributed by atoms with van der Waals surface area (Å²) >= 11 is 0. The van der Waals surface area contributed by atoms with E-state index >= 15 is 0 Å². The van der Waals surface area contributed by atoms with Crippen LogP contribution in [0.5, 0.6) is 0 Å². The summed E-state index contributed by atoms with van der Waals surface area (Å²) < 4.78 is 0. The third-order valence-electron chi connectivity index (χ3n) is 4.48. The van der Waals surface area contributed by atoms with Gasteiger partial charge in [-0.3, -0.25) is 15.2 Å². The van der Waals surface area contributed by atoms with Crippen molar-refractivity contribution >= 4 is 23.4 Å². The molecule has 3 aromatic rings. The third-order valence-corrected chi connectivity index (χ3v) is 4.48. The average molecular weight is 375 g/mol. The van der Waals surface area contributed by atoms with E-state index in [0.717, 1.165) is 41.9 Å². The molecular weight excluding hydrogens is 354 g/mol. The highest BCUT2D eigenvalue weighted by molar-refractivity contribution is 6.02. The van der Waals surface area contributed by atoms with Crippen molar-refractivity contribution in [3.05, 3.63) is 54.5 Å². The molecule has 0 atom stereocenters. The Morgan fingerprint density at radius 3 is 2.96 bits per heavy atom. The van der Waals surface area contributed by atoms with Crippen LogP contribution < -0.4 is 15.5 Å². The summed E-state index contributed by atoms with van der Waals surface area (Å²) in [6.45, 7) is 3.41. The standard InChI is InChI=1S/C20H21N7O/c1-14-11-15(13-21-12-14)16-6-7-17-19(24-16)27(10-3-2-8-22-17)20(28)25-18-5-4-9-23-26-18/h4-7,9,11-13,22H,2-3,8,10H2,1H3,(H,25,26,28). The Labute approximate surface area is 163 Å². The summed E-state index contributed by atoms with van der Waals surface area (Å²) in [5.74, 6) is 1.00. The van der Waals surface area contributed by atoms with Gasteiger partial charge in [0.25, 0.3) is 0 Å². The fourth-order valence-electron chi connectivity index (χ4n) is 3.11. The van der Waals surface area contributed by atoms with Gasteiger partial charge in [-0.05, 0) is 55.7 Å². The van der Waals surface area contributed by atoms with Gasteiger partial charge in [0.1, 0.15) is 0 Å². The van der Waals surface area contributed by atoms with Crippen molar-refractivity contribution in [2.75, 3.05) is 28.6 Å². The summed E-state index contributed by atoms with van der Waals surface area (Å²) in [7, 11) is 0. The van der Waals surface area contributed by atoms with E-state index in [9.17, 15) is 4.79 Å². The maximum Gasteiger partial charge on any atom is 0.328 e. The summed E-state index contributed by atoms with van der Waals surface area (Å²) in [5, 5.41) is 13.9. The molecule has 0 bridgehead atoms. The number of carbonyl (C=O) groups excluding carboxylic acids is 1. The van der Waals surface area contributed by atoms with Crippen LogP contribution in [0.25, 0.3) is 11.3 Å². The van der Waals surface area contributed by atoms with Crippen molar-refractivity contribution in [1.82, 2.24) is 20.2 Å². The van der Waals surface area contributed by atoms with Gasteiger partial charge in [0.05, 0.1) is 11.4 Å². The molecular formula is C20H21N7O. The highest BCUT2D eigenvalue weighted by Gasteiger charge is 2.23. The van der Waals surface area contributed by atoms with Gasteiger partial charge in [-0.1, -0.05) is 0 Å². The van der Waals surface area contributed by atoms with Crippen LogP contribution in [0.15, 0.2) is 48.9 Å². The van der Waals surface area contributed by atoms with Crippen molar-refractivity contribution in [2.45, 2.75) is 19.8 Å². The first-order valence-corrected chi connectivity index (χ1v) is 9.24. The number of amides is 2. The van der Waals surface area contributed by atoms with Crippen molar-refractivity contribution in [1.29, 1.82) is 0 Å². The number of nitrogens with zero attached hydrogens (tertiary/aromatic N) is 5. The molecule has 2 N–H and O–H groups in total. The van der Waals surface area contributed by atoms with Crippen LogP contribution in [0.4, 0.5) is 22.1 Å². The molecule has 28 heavy (non-hydrogen) atoms. The van der Waals surface area contributed by atoms with Crippen molar-refractivity contribution in [3.8, 4) is 11.3 Å². The topological polar surface area (TPSA) is 95.9 Å². The molecule has 0 aromatic carbocycles. The van der Waals surface area contributed by atoms with Crippen LogP contribution in [0, 0.1) is 6.92 Å². The van der Waals surface area contributed by atoms with Gasteiger partial charge < -0.3 is 5.32 Å². The number of carbonyl (C=O) groups is 1. The van der Waals surface area contributed by atoms with E-state index in [4.69, 9.17) is 4.98 Å². The zero-order valence-corrected chi connectivity index (χ0v) is 15.6. The van der Waals surface area contributed by atoms with E-state index in [2.05, 4.69) is 25.8 Å². The van der Waals surface area contributed by atoms with Crippen LogP contribution in [0.1, 0.15) is 18.4 Å². The smallest absolute Gasteiger partial charge is 0.328 e. The van der Waals surface area contributed by atoms with Gasteiger partial charge in [0, 0.05) is 37.2 Å². The number of aromatic nitrogens is 4. The van der Waals surface area contributed by atoms with Gasteiger partial charge in [-0.2, -0.15) is 5.10 Å². The average Bonchev–Trinajstić information content (AvgIpc) is 2.69. The number of hydrogen-bond donors (Lipinski definition) is 2. The van der Waals surface area contributed by atoms with Crippen LogP contribution in [-0.2, 0) is 0 Å². The monoisotopic (exact) mass is 375 g/mol. The minimum atomic E-state index is -0.280. The fraction of sp³-hybridized carbons (Fsp3) is 0.250. The maximum absolute atomic E-state index is 13.0. The lowest BCUT2D eigenvalue weighted by molar-refractivity contribution is 0.256. The molecule has 0 aliphatic carbocycles. The minimum absolute atomic E-state index is 0.280. The molecule has 0 saturated heterocycles. The Morgan fingerprint density at radius 1 is 1.21 bits per heavy atom. The maximum atomic E-state index is 13.0. The van der Waals surface area contributed by atoms with Gasteiger partial charge in [-0.25, -0.2) is 9.78 Å². The molecule has 0 saturated carbocycles. The molecule has 8 nitrogen and oxygen atoms in total. The number of aryl methyl sites for hydroxylation is 1. The first kappa shape index (κ1) is 17.8. The predicted octanol–water partition coefficient (Wildman–Crippen LogP) is 3.49. The first-order valence-electron chi connectivity index (χ1n) is 9.24. The lowest BCUT2D eigenvalue weighted by Gasteiger charge is -2.27. The highest BCUT2D eigenvalue weighted by atomic mass is 16.2. The Balaban J connectivity index is 1.70. The zero-order chi connectivity index (χ0) is 19.3. The van der Waals surface area contributed by atoms with E-state index in [0.29, 0.717) is 18.2 Å². The Bertz CT molecular complexity index is 977. The molecule has 4 heterocycles. The van der Waals surface area contributed by atoms with Crippen LogP contribution in [0.2, 0.25) is 0 Å². The molecule has 0 spiro atoms. The van der Waals surface area contributed by atoms with Gasteiger partial charge in [0.15, 0.2) is 11.6 Å². The van der Waals surface area contributed by atoms with Crippen LogP contribution >= 0.6 is 0 Å². The van der Waals surface area contributed by atoms with E-state index in [1.54, 1.807) is 35.6 Å². The SMILES string of the molecule is Cc1cncc(-c2ccc3c(n2)N(C(=O)Nc2cccnn2)CCCCN3)c1. The highest BCUT2D eigenvalue weighted by Crippen LogP contribution is 2.30. The number of rotatable bonds is 2. The second-order valence-corrected chi connectivity index (χ2v) is 6.64. The largest absolute Gasteiger partial charge is 0.382 e. The molecule has 1 aliphatic rings. The van der Waals surface area contributed by atoms with Gasteiger partial charge >= 0.3 is 6.03 Å². The number of pyridine rings is 2. The second kappa shape index (κ2) is 7.99. The first-order chi connectivity index (χ1) is 13.7. The molecule has 0 fully saturated rings. The number of nitrogens with one attached hydrogen (secondary N) is 2. The molecule has 3 aromatic heterocycles. The molecule has 8 heteroatoms. The lowest BCUT2D eigenvalue weighted by Crippen LogP contribution is -2.38. The van der Waals surface area contributed by atoms with Crippen molar-refractivity contribution in [2.24, 2.45) is 0 Å². The summed E-state index contributed by atoms with van der Waals surface area (Å²) in [4.78, 5) is 23.7. The quantitative estimate of drug-likeness (QED) is 0.712. The Hall–Kier alpha value is -3.55. The summed E-state index contributed by atoms with van der Waals surface area (Å²) in [6.07, 6.45) is 6.99. The van der Waals surface area contributed by atoms with Crippen molar-refractivity contribution in [3.63, 3.8) is 0 Å². The van der Waals surface area contributed by atoms with E-state index < -0.39 is 0 Å². The van der Waals surface area contributed by atoms with Gasteiger partial charge in [-0.15, -0.1) is 5.10 Å². The lowest BCUT2D eigenvalue weighted by atomic mass is 10.1. The molecule has 142 valence electrons.